The van der Waals surface area contributed by atoms with Crippen LogP contribution in [0.3, 0.4) is 0 Å². The summed E-state index contributed by atoms with van der Waals surface area (Å²) in [6.07, 6.45) is 1.66. The summed E-state index contributed by atoms with van der Waals surface area (Å²) < 4.78 is 0. The number of aromatic amines is 1. The van der Waals surface area contributed by atoms with E-state index in [2.05, 4.69) is 27.4 Å². The number of hydrazone groups is 1. The molecule has 27 heavy (non-hydrogen) atoms. The second kappa shape index (κ2) is 8.26. The molecule has 6 nitrogen and oxygen atoms in total. The summed E-state index contributed by atoms with van der Waals surface area (Å²) in [5.41, 5.74) is 5.14. The number of rotatable bonds is 6. The monoisotopic (exact) mass is 382 g/mol. The summed E-state index contributed by atoms with van der Waals surface area (Å²) in [5.74, 6) is 0.0326. The predicted octanol–water partition coefficient (Wildman–Crippen LogP) is 3.46. The van der Waals surface area contributed by atoms with Crippen LogP contribution in [-0.4, -0.2) is 21.6 Å². The van der Waals surface area contributed by atoms with Gasteiger partial charge in [-0.15, -0.1) is 11.3 Å². The number of hydrogen-bond acceptors (Lipinski definition) is 5. The maximum absolute atomic E-state index is 12.3. The van der Waals surface area contributed by atoms with Crippen molar-refractivity contribution >= 4 is 33.2 Å². The fourth-order valence-corrected chi connectivity index (χ4v) is 3.89. The van der Waals surface area contributed by atoms with E-state index in [0.717, 1.165) is 34.6 Å². The summed E-state index contributed by atoms with van der Waals surface area (Å²) in [6.45, 7) is 5.93. The third-order valence-corrected chi connectivity index (χ3v) is 5.43. The molecule has 3 rings (SSSR count). The van der Waals surface area contributed by atoms with Crippen LogP contribution in [-0.2, 0) is 11.2 Å². The molecule has 2 N–H and O–H groups in total. The number of hydrogen-bond donors (Lipinski definition) is 2. The number of aryl methyl sites for hydroxylation is 2. The van der Waals surface area contributed by atoms with Crippen molar-refractivity contribution in [3.8, 4) is 0 Å². The molecule has 0 aliphatic heterocycles. The molecule has 7 heteroatoms. The average Bonchev–Trinajstić information content (AvgIpc) is 2.93. The van der Waals surface area contributed by atoms with E-state index in [4.69, 9.17) is 0 Å². The lowest BCUT2D eigenvalue weighted by Gasteiger charge is -2.06. The van der Waals surface area contributed by atoms with Crippen molar-refractivity contribution < 1.29 is 4.79 Å². The van der Waals surface area contributed by atoms with Crippen LogP contribution in [0.5, 0.6) is 0 Å². The van der Waals surface area contributed by atoms with E-state index in [1.54, 1.807) is 0 Å². The number of H-pyrrole nitrogens is 1. The number of benzene rings is 1. The predicted molar refractivity (Wildman–Crippen MR) is 109 cm³/mol. The Bertz CT molecular complexity index is 1050. The van der Waals surface area contributed by atoms with Crippen LogP contribution in [0.1, 0.15) is 41.6 Å². The SMILES string of the molecule is CCC/C(=N/NC(=O)Cc1nc2sc(C)c(C)c2c(=O)[nH]1)c1ccccc1. The molecule has 0 aliphatic carbocycles. The van der Waals surface area contributed by atoms with Gasteiger partial charge in [-0.1, -0.05) is 43.7 Å². The fraction of sp³-hybridized carbons (Fsp3) is 0.300. The zero-order valence-corrected chi connectivity index (χ0v) is 16.4. The Balaban J connectivity index is 1.77. The summed E-state index contributed by atoms with van der Waals surface area (Å²) in [7, 11) is 0. The third-order valence-electron chi connectivity index (χ3n) is 4.33. The molecule has 0 spiro atoms. The smallest absolute Gasteiger partial charge is 0.259 e. The molecule has 0 radical (unpaired) electrons. The first kappa shape index (κ1) is 19.0. The average molecular weight is 382 g/mol. The van der Waals surface area contributed by atoms with Gasteiger partial charge in [0.1, 0.15) is 10.7 Å². The number of aromatic nitrogens is 2. The van der Waals surface area contributed by atoms with Gasteiger partial charge in [0, 0.05) is 4.88 Å². The normalized spacial score (nSPS) is 11.7. The van der Waals surface area contributed by atoms with Gasteiger partial charge >= 0.3 is 0 Å². The Labute approximate surface area is 161 Å². The lowest BCUT2D eigenvalue weighted by atomic mass is 10.1. The fourth-order valence-electron chi connectivity index (χ4n) is 2.84. The highest BCUT2D eigenvalue weighted by Gasteiger charge is 2.13. The minimum atomic E-state index is -0.313. The van der Waals surface area contributed by atoms with Crippen LogP contribution in [0.4, 0.5) is 0 Å². The van der Waals surface area contributed by atoms with Crippen LogP contribution in [0.2, 0.25) is 0 Å². The number of carbonyl (C=O) groups is 1. The first-order valence-electron chi connectivity index (χ1n) is 8.89. The minimum absolute atomic E-state index is 0.0289. The van der Waals surface area contributed by atoms with Gasteiger partial charge in [0.15, 0.2) is 0 Å². The van der Waals surface area contributed by atoms with Crippen LogP contribution in [0, 0.1) is 13.8 Å². The molecular weight excluding hydrogens is 360 g/mol. The molecule has 1 amide bonds. The van der Waals surface area contributed by atoms with Crippen molar-refractivity contribution in [3.63, 3.8) is 0 Å². The molecule has 0 atom stereocenters. The topological polar surface area (TPSA) is 87.2 Å². The van der Waals surface area contributed by atoms with Crippen molar-refractivity contribution in [2.24, 2.45) is 5.10 Å². The molecule has 0 bridgehead atoms. The van der Waals surface area contributed by atoms with Gasteiger partial charge in [-0.2, -0.15) is 5.10 Å². The number of thiophene rings is 1. The second-order valence-corrected chi connectivity index (χ2v) is 7.57. The Morgan fingerprint density at radius 2 is 2.00 bits per heavy atom. The molecular formula is C20H22N4O2S. The number of carbonyl (C=O) groups excluding carboxylic acids is 1. The van der Waals surface area contributed by atoms with Crippen molar-refractivity contribution in [2.75, 3.05) is 0 Å². The van der Waals surface area contributed by atoms with E-state index in [9.17, 15) is 9.59 Å². The highest BCUT2D eigenvalue weighted by molar-refractivity contribution is 7.18. The molecule has 0 saturated carbocycles. The van der Waals surface area contributed by atoms with Gasteiger partial charge in [-0.05, 0) is 31.4 Å². The van der Waals surface area contributed by atoms with Crippen LogP contribution < -0.4 is 11.0 Å². The number of fused-ring (bicyclic) bond motifs is 1. The first-order chi connectivity index (χ1) is 13.0. The standard InChI is InChI=1S/C20H22N4O2S/c1-4-8-15(14-9-6-5-7-10-14)23-24-17(25)11-16-21-19(26)18-12(2)13(3)27-20(18)22-16/h5-7,9-10H,4,8,11H2,1-3H3,(H,24,25)(H,21,22,26)/b23-15-. The highest BCUT2D eigenvalue weighted by Crippen LogP contribution is 2.25. The van der Waals surface area contributed by atoms with Crippen LogP contribution in [0.15, 0.2) is 40.2 Å². The highest BCUT2D eigenvalue weighted by atomic mass is 32.1. The Kier molecular flexibility index (Phi) is 5.81. The van der Waals surface area contributed by atoms with Gasteiger partial charge < -0.3 is 4.98 Å². The molecule has 140 valence electrons. The zero-order valence-electron chi connectivity index (χ0n) is 15.6. The van der Waals surface area contributed by atoms with Crippen LogP contribution >= 0.6 is 11.3 Å². The van der Waals surface area contributed by atoms with Crippen molar-refractivity contribution in [1.82, 2.24) is 15.4 Å². The number of nitrogens with zero attached hydrogens (tertiary/aromatic N) is 2. The Morgan fingerprint density at radius 1 is 1.26 bits per heavy atom. The van der Waals surface area contributed by atoms with Crippen molar-refractivity contribution in [3.05, 3.63) is 62.5 Å². The molecule has 3 aromatic rings. The number of nitrogens with one attached hydrogen (secondary N) is 2. The van der Waals surface area contributed by atoms with E-state index in [1.807, 2.05) is 44.2 Å². The van der Waals surface area contributed by atoms with Gasteiger partial charge in [0.2, 0.25) is 5.91 Å². The molecule has 2 heterocycles. The Morgan fingerprint density at radius 3 is 2.70 bits per heavy atom. The lowest BCUT2D eigenvalue weighted by molar-refractivity contribution is -0.120. The number of amides is 1. The van der Waals surface area contributed by atoms with Gasteiger partial charge in [0.25, 0.3) is 5.56 Å². The minimum Gasteiger partial charge on any atom is -0.309 e. The molecule has 0 saturated heterocycles. The zero-order chi connectivity index (χ0) is 19.4. The maximum Gasteiger partial charge on any atom is 0.259 e. The summed E-state index contributed by atoms with van der Waals surface area (Å²) in [5, 5.41) is 4.89. The maximum atomic E-state index is 12.3. The van der Waals surface area contributed by atoms with Crippen molar-refractivity contribution in [1.29, 1.82) is 0 Å². The van der Waals surface area contributed by atoms with E-state index >= 15 is 0 Å². The van der Waals surface area contributed by atoms with Gasteiger partial charge in [-0.25, -0.2) is 10.4 Å². The molecule has 0 aliphatic rings. The lowest BCUT2D eigenvalue weighted by Crippen LogP contribution is -2.24. The van der Waals surface area contributed by atoms with E-state index in [-0.39, 0.29) is 17.9 Å². The summed E-state index contributed by atoms with van der Waals surface area (Å²) in [6, 6.07) is 9.76. The first-order valence-corrected chi connectivity index (χ1v) is 9.71. The van der Waals surface area contributed by atoms with E-state index in [0.29, 0.717) is 16.0 Å². The largest absolute Gasteiger partial charge is 0.309 e. The van der Waals surface area contributed by atoms with Gasteiger partial charge in [-0.3, -0.25) is 9.59 Å². The Hall–Kier alpha value is -2.80. The van der Waals surface area contributed by atoms with Crippen molar-refractivity contribution in [2.45, 2.75) is 40.0 Å². The molecule has 2 aromatic heterocycles. The third kappa shape index (κ3) is 4.31. The van der Waals surface area contributed by atoms with E-state index in [1.165, 1.54) is 11.3 Å². The summed E-state index contributed by atoms with van der Waals surface area (Å²) in [4.78, 5) is 33.5. The molecule has 1 aromatic carbocycles. The second-order valence-electron chi connectivity index (χ2n) is 6.36. The molecule has 0 unspecified atom stereocenters. The molecule has 0 fully saturated rings. The van der Waals surface area contributed by atoms with Gasteiger partial charge in [0.05, 0.1) is 17.5 Å². The van der Waals surface area contributed by atoms with Crippen LogP contribution in [0.25, 0.3) is 10.2 Å². The van der Waals surface area contributed by atoms with E-state index < -0.39 is 0 Å². The quantitative estimate of drug-likeness (QED) is 0.505. The summed E-state index contributed by atoms with van der Waals surface area (Å²) >= 11 is 1.47.